The average Bonchev–Trinajstić information content (AvgIpc) is 2.51. The maximum absolute atomic E-state index is 11.9. The summed E-state index contributed by atoms with van der Waals surface area (Å²) in [4.78, 5) is 16.5. The van der Waals surface area contributed by atoms with Crippen LogP contribution in [0.15, 0.2) is 0 Å². The first-order valence-electron chi connectivity index (χ1n) is 9.13. The quantitative estimate of drug-likeness (QED) is 0.654. The molecule has 2 atom stereocenters. The Bertz CT molecular complexity index is 268. The monoisotopic (exact) mass is 298 g/mol. The van der Waals surface area contributed by atoms with Crippen LogP contribution >= 0.6 is 0 Å². The lowest BCUT2D eigenvalue weighted by Gasteiger charge is -2.44. The molecule has 3 heteroatoms. The highest BCUT2D eigenvalue weighted by atomic mass is 16.2. The molecule has 0 bridgehead atoms. The maximum Gasteiger partial charge on any atom is 0.222 e. The fourth-order valence-corrected chi connectivity index (χ4v) is 2.98. The van der Waals surface area contributed by atoms with Crippen molar-refractivity contribution >= 4 is 5.91 Å². The van der Waals surface area contributed by atoms with E-state index in [2.05, 4.69) is 30.6 Å². The molecule has 0 saturated carbocycles. The molecule has 1 rings (SSSR count). The number of unbranched alkanes of at least 4 members (excludes halogenated alkanes) is 4. The minimum atomic E-state index is 0.307. The second-order valence-corrected chi connectivity index (χ2v) is 6.01. The predicted molar refractivity (Wildman–Crippen MR) is 92.6 cm³/mol. The summed E-state index contributed by atoms with van der Waals surface area (Å²) in [7, 11) is 0. The number of amides is 1. The average molecular weight is 299 g/mol. The fraction of sp³-hybridized carbons (Fsp3) is 0.944. The van der Waals surface area contributed by atoms with Gasteiger partial charge in [-0.15, -0.1) is 0 Å². The van der Waals surface area contributed by atoms with E-state index in [4.69, 9.17) is 0 Å². The van der Waals surface area contributed by atoms with Crippen LogP contribution in [0, 0.1) is 0 Å². The minimum Gasteiger partial charge on any atom is -0.337 e. The van der Waals surface area contributed by atoms with E-state index < -0.39 is 0 Å². The molecule has 1 amide bonds. The first-order valence-corrected chi connectivity index (χ1v) is 9.13. The molecule has 0 aromatic carbocycles. The van der Waals surface area contributed by atoms with Gasteiger partial charge >= 0.3 is 0 Å². The normalized spacial score (nSPS) is 22.7. The molecule has 0 aromatic heterocycles. The Hall–Kier alpha value is -0.570. The van der Waals surface area contributed by atoms with E-state index in [1.165, 1.54) is 38.6 Å². The highest BCUT2D eigenvalue weighted by Gasteiger charge is 2.30. The molecular formula is C18H38N2O. The van der Waals surface area contributed by atoms with Crippen LogP contribution in [-0.2, 0) is 4.79 Å². The molecule has 126 valence electrons. The van der Waals surface area contributed by atoms with Crippen LogP contribution < -0.4 is 0 Å². The van der Waals surface area contributed by atoms with Crippen molar-refractivity contribution in [1.29, 1.82) is 0 Å². The topological polar surface area (TPSA) is 23.6 Å². The number of rotatable bonds is 7. The standard InChI is InChI=1S/C16H32N2O.C2H6/c1-5-7-8-9-10-11-17-12-15(4)18(13-14(17)3)16(19)6-2;1-2/h14-15H,5-13H2,1-4H3;1-2H3. The van der Waals surface area contributed by atoms with Gasteiger partial charge in [0.05, 0.1) is 0 Å². The van der Waals surface area contributed by atoms with Crippen LogP contribution in [0.4, 0.5) is 0 Å². The molecule has 1 aliphatic heterocycles. The first-order chi connectivity index (χ1) is 10.1. The van der Waals surface area contributed by atoms with Crippen molar-refractivity contribution in [3.05, 3.63) is 0 Å². The van der Waals surface area contributed by atoms with E-state index in [9.17, 15) is 4.79 Å². The van der Waals surface area contributed by atoms with Gasteiger partial charge in [-0.25, -0.2) is 0 Å². The SMILES string of the molecule is CC.CCCCCCCN1CC(C)N(C(=O)CC)CC1C. The van der Waals surface area contributed by atoms with E-state index in [0.29, 0.717) is 24.4 Å². The number of carbonyl (C=O) groups excluding carboxylic acids is 1. The highest BCUT2D eigenvalue weighted by Crippen LogP contribution is 2.17. The molecule has 0 aromatic rings. The van der Waals surface area contributed by atoms with Crippen molar-refractivity contribution in [1.82, 2.24) is 9.80 Å². The minimum absolute atomic E-state index is 0.307. The van der Waals surface area contributed by atoms with Crippen LogP contribution in [-0.4, -0.2) is 47.4 Å². The second-order valence-electron chi connectivity index (χ2n) is 6.01. The van der Waals surface area contributed by atoms with Crippen LogP contribution in [0.3, 0.4) is 0 Å². The van der Waals surface area contributed by atoms with Crippen LogP contribution in [0.1, 0.15) is 80.1 Å². The van der Waals surface area contributed by atoms with Gasteiger partial charge in [-0.05, 0) is 26.8 Å². The summed E-state index contributed by atoms with van der Waals surface area (Å²) in [5, 5.41) is 0. The third-order valence-electron chi connectivity index (χ3n) is 4.29. The molecule has 2 unspecified atom stereocenters. The van der Waals surface area contributed by atoms with Gasteiger partial charge in [0.1, 0.15) is 0 Å². The number of piperazine rings is 1. The van der Waals surface area contributed by atoms with Crippen molar-refractivity contribution in [2.75, 3.05) is 19.6 Å². The Morgan fingerprint density at radius 1 is 0.952 bits per heavy atom. The largest absolute Gasteiger partial charge is 0.337 e. The summed E-state index contributed by atoms with van der Waals surface area (Å²) in [5.41, 5.74) is 0. The van der Waals surface area contributed by atoms with Crippen LogP contribution in [0.25, 0.3) is 0 Å². The lowest BCUT2D eigenvalue weighted by molar-refractivity contribution is -0.136. The first kappa shape index (κ1) is 20.4. The van der Waals surface area contributed by atoms with E-state index in [1.807, 2.05) is 20.8 Å². The highest BCUT2D eigenvalue weighted by molar-refractivity contribution is 5.76. The summed E-state index contributed by atoms with van der Waals surface area (Å²) in [5.74, 6) is 0.307. The van der Waals surface area contributed by atoms with Gasteiger partial charge in [0.25, 0.3) is 0 Å². The zero-order chi connectivity index (χ0) is 16.3. The van der Waals surface area contributed by atoms with Crippen molar-refractivity contribution in [3.8, 4) is 0 Å². The number of hydrogen-bond donors (Lipinski definition) is 0. The number of nitrogens with zero attached hydrogens (tertiary/aromatic N) is 2. The lowest BCUT2D eigenvalue weighted by atomic mass is 10.1. The molecule has 0 aliphatic carbocycles. The van der Waals surface area contributed by atoms with Gasteiger partial charge in [0.15, 0.2) is 0 Å². The molecule has 3 nitrogen and oxygen atoms in total. The molecule has 1 saturated heterocycles. The summed E-state index contributed by atoms with van der Waals surface area (Å²) in [6, 6.07) is 0.886. The molecule has 1 aliphatic rings. The summed E-state index contributed by atoms with van der Waals surface area (Å²) in [6.45, 7) is 15.8. The van der Waals surface area contributed by atoms with Crippen molar-refractivity contribution in [2.45, 2.75) is 92.2 Å². The van der Waals surface area contributed by atoms with Gasteiger partial charge in [0.2, 0.25) is 5.91 Å². The summed E-state index contributed by atoms with van der Waals surface area (Å²) >= 11 is 0. The van der Waals surface area contributed by atoms with Gasteiger partial charge < -0.3 is 4.90 Å². The van der Waals surface area contributed by atoms with Gasteiger partial charge in [0, 0.05) is 31.6 Å². The van der Waals surface area contributed by atoms with E-state index in [1.54, 1.807) is 0 Å². The zero-order valence-electron chi connectivity index (χ0n) is 15.3. The zero-order valence-corrected chi connectivity index (χ0v) is 15.3. The smallest absolute Gasteiger partial charge is 0.222 e. The summed E-state index contributed by atoms with van der Waals surface area (Å²) in [6.07, 6.45) is 7.33. The Labute approximate surface area is 133 Å². The lowest BCUT2D eigenvalue weighted by Crippen LogP contribution is -2.58. The van der Waals surface area contributed by atoms with E-state index in [-0.39, 0.29) is 0 Å². The molecule has 0 spiro atoms. The predicted octanol–water partition coefficient (Wildman–Crippen LogP) is 4.31. The molecule has 1 fully saturated rings. The molecule has 21 heavy (non-hydrogen) atoms. The summed E-state index contributed by atoms with van der Waals surface area (Å²) < 4.78 is 0. The van der Waals surface area contributed by atoms with Crippen LogP contribution in [0.2, 0.25) is 0 Å². The second kappa shape index (κ2) is 12.0. The van der Waals surface area contributed by atoms with Gasteiger partial charge in [-0.3, -0.25) is 9.69 Å². The van der Waals surface area contributed by atoms with Crippen LogP contribution in [0.5, 0.6) is 0 Å². The Balaban J connectivity index is 0.00000191. The number of hydrogen-bond acceptors (Lipinski definition) is 2. The van der Waals surface area contributed by atoms with Crippen molar-refractivity contribution < 1.29 is 4.79 Å². The Morgan fingerprint density at radius 2 is 1.57 bits per heavy atom. The maximum atomic E-state index is 11.9. The third kappa shape index (κ3) is 7.30. The molecule has 1 heterocycles. The third-order valence-corrected chi connectivity index (χ3v) is 4.29. The van der Waals surface area contributed by atoms with Gasteiger partial charge in [-0.2, -0.15) is 0 Å². The van der Waals surface area contributed by atoms with E-state index in [0.717, 1.165) is 13.1 Å². The van der Waals surface area contributed by atoms with Crippen molar-refractivity contribution in [2.24, 2.45) is 0 Å². The molecule has 0 radical (unpaired) electrons. The fourth-order valence-electron chi connectivity index (χ4n) is 2.98. The van der Waals surface area contributed by atoms with Crippen molar-refractivity contribution in [3.63, 3.8) is 0 Å². The van der Waals surface area contributed by atoms with Gasteiger partial charge in [-0.1, -0.05) is 53.4 Å². The Morgan fingerprint density at radius 3 is 2.14 bits per heavy atom. The molecular weight excluding hydrogens is 260 g/mol. The number of carbonyl (C=O) groups is 1. The molecule has 0 N–H and O–H groups in total. The van der Waals surface area contributed by atoms with E-state index >= 15 is 0 Å². The Kier molecular flexibility index (Phi) is 11.7.